The van der Waals surface area contributed by atoms with E-state index < -0.39 is 5.60 Å². The third-order valence-electron chi connectivity index (χ3n) is 5.01. The van der Waals surface area contributed by atoms with Gasteiger partial charge in [-0.05, 0) is 25.7 Å². The molecule has 1 aliphatic carbocycles. The Hall–Kier alpha value is -1.80. The third-order valence-corrected chi connectivity index (χ3v) is 5.01. The molecule has 2 aromatic heterocycles. The van der Waals surface area contributed by atoms with Crippen molar-refractivity contribution in [2.75, 3.05) is 20.2 Å². The summed E-state index contributed by atoms with van der Waals surface area (Å²) in [6, 6.07) is 0. The summed E-state index contributed by atoms with van der Waals surface area (Å²) in [5.41, 5.74) is -0.472. The first-order chi connectivity index (χ1) is 11.7. The number of piperidine rings is 1. The largest absolute Gasteiger partial charge is 0.368 e. The molecule has 2 aliphatic rings. The molecule has 0 aromatic carbocycles. The molecule has 0 atom stereocenters. The summed E-state index contributed by atoms with van der Waals surface area (Å²) >= 11 is 0. The van der Waals surface area contributed by atoms with Crippen molar-refractivity contribution < 1.29 is 13.8 Å². The lowest BCUT2D eigenvalue weighted by atomic mass is 9.91. The summed E-state index contributed by atoms with van der Waals surface area (Å²) in [5, 5.41) is 8.08. The number of hydrogen-bond donors (Lipinski definition) is 0. The zero-order chi connectivity index (χ0) is 16.6. The van der Waals surface area contributed by atoms with Gasteiger partial charge in [0, 0.05) is 32.5 Å². The fourth-order valence-electron chi connectivity index (χ4n) is 3.19. The number of methoxy groups -OCH3 is 1. The van der Waals surface area contributed by atoms with Gasteiger partial charge in [0.1, 0.15) is 5.60 Å². The van der Waals surface area contributed by atoms with Gasteiger partial charge in [0.05, 0.1) is 6.54 Å². The zero-order valence-corrected chi connectivity index (χ0v) is 14.2. The number of likely N-dealkylation sites (tertiary alicyclic amines) is 1. The van der Waals surface area contributed by atoms with Crippen LogP contribution in [0, 0.1) is 0 Å². The van der Waals surface area contributed by atoms with E-state index in [0.29, 0.717) is 24.2 Å². The van der Waals surface area contributed by atoms with Crippen LogP contribution >= 0.6 is 0 Å². The molecule has 24 heavy (non-hydrogen) atoms. The minimum Gasteiger partial charge on any atom is -0.368 e. The van der Waals surface area contributed by atoms with Crippen molar-refractivity contribution in [3.63, 3.8) is 0 Å². The molecule has 4 rings (SSSR count). The van der Waals surface area contributed by atoms with Crippen molar-refractivity contribution in [3.8, 4) is 0 Å². The minimum atomic E-state index is -0.472. The monoisotopic (exact) mass is 333 g/mol. The van der Waals surface area contributed by atoms with Crippen LogP contribution < -0.4 is 0 Å². The number of aryl methyl sites for hydroxylation is 1. The first kappa shape index (κ1) is 15.7. The van der Waals surface area contributed by atoms with Crippen LogP contribution in [-0.2, 0) is 23.3 Å². The predicted molar refractivity (Wildman–Crippen MR) is 83.1 cm³/mol. The molecule has 0 unspecified atom stereocenters. The molecule has 2 fully saturated rings. The van der Waals surface area contributed by atoms with Crippen molar-refractivity contribution in [2.24, 2.45) is 0 Å². The minimum absolute atomic E-state index is 0.472. The zero-order valence-electron chi connectivity index (χ0n) is 14.2. The second-order valence-electron chi connectivity index (χ2n) is 6.66. The summed E-state index contributed by atoms with van der Waals surface area (Å²) in [7, 11) is 1.72. The van der Waals surface area contributed by atoms with Crippen LogP contribution in [0.4, 0.5) is 0 Å². The van der Waals surface area contributed by atoms with E-state index in [1.807, 2.05) is 6.92 Å². The molecule has 8 nitrogen and oxygen atoms in total. The first-order valence-corrected chi connectivity index (χ1v) is 8.65. The second-order valence-corrected chi connectivity index (χ2v) is 6.66. The van der Waals surface area contributed by atoms with Crippen LogP contribution in [0.15, 0.2) is 9.05 Å². The Labute approximate surface area is 140 Å². The van der Waals surface area contributed by atoms with Gasteiger partial charge in [-0.25, -0.2) is 0 Å². The fraction of sp³-hybridized carbons (Fsp3) is 0.750. The molecule has 8 heteroatoms. The highest BCUT2D eigenvalue weighted by atomic mass is 16.5. The fourth-order valence-corrected chi connectivity index (χ4v) is 3.19. The third kappa shape index (κ3) is 2.95. The van der Waals surface area contributed by atoms with Gasteiger partial charge in [-0.15, -0.1) is 0 Å². The number of ether oxygens (including phenoxy) is 1. The van der Waals surface area contributed by atoms with Gasteiger partial charge in [-0.3, -0.25) is 4.90 Å². The Balaban J connectivity index is 1.40. The van der Waals surface area contributed by atoms with Crippen LogP contribution in [0.2, 0.25) is 0 Å². The molecule has 0 spiro atoms. The molecular weight excluding hydrogens is 310 g/mol. The van der Waals surface area contributed by atoms with E-state index in [1.165, 1.54) is 0 Å². The number of aromatic nitrogens is 4. The molecule has 1 saturated carbocycles. The van der Waals surface area contributed by atoms with E-state index in [9.17, 15) is 0 Å². The van der Waals surface area contributed by atoms with Gasteiger partial charge in [0.15, 0.2) is 11.6 Å². The lowest BCUT2D eigenvalue weighted by molar-refractivity contribution is -0.0847. The molecule has 0 N–H and O–H groups in total. The summed E-state index contributed by atoms with van der Waals surface area (Å²) in [5.74, 6) is 3.37. The van der Waals surface area contributed by atoms with E-state index in [2.05, 4.69) is 25.2 Å². The maximum absolute atomic E-state index is 5.82. The number of nitrogens with zero attached hydrogens (tertiary/aromatic N) is 5. The molecule has 1 aliphatic heterocycles. The van der Waals surface area contributed by atoms with Crippen LogP contribution in [0.1, 0.15) is 62.0 Å². The van der Waals surface area contributed by atoms with Gasteiger partial charge in [-0.2, -0.15) is 9.97 Å². The molecule has 0 radical (unpaired) electrons. The Bertz CT molecular complexity index is 685. The highest BCUT2D eigenvalue weighted by Crippen LogP contribution is 2.41. The summed E-state index contributed by atoms with van der Waals surface area (Å²) in [6.07, 6.45) is 4.74. The number of rotatable bonds is 6. The smallest absolute Gasteiger partial charge is 0.258 e. The summed E-state index contributed by atoms with van der Waals surface area (Å²) < 4.78 is 16.6. The van der Waals surface area contributed by atoms with Crippen LogP contribution in [0.25, 0.3) is 0 Å². The lowest BCUT2D eigenvalue weighted by Crippen LogP contribution is -2.43. The normalized spacial score (nSPS) is 21.2. The van der Waals surface area contributed by atoms with Crippen molar-refractivity contribution >= 4 is 0 Å². The average Bonchev–Trinajstić information content (AvgIpc) is 3.17. The van der Waals surface area contributed by atoms with Gasteiger partial charge in [0.2, 0.25) is 5.89 Å². The Morgan fingerprint density at radius 1 is 1.17 bits per heavy atom. The molecule has 1 saturated heterocycles. The van der Waals surface area contributed by atoms with E-state index in [0.717, 1.165) is 56.8 Å². The van der Waals surface area contributed by atoms with Crippen molar-refractivity contribution in [1.82, 2.24) is 25.2 Å². The molecule has 2 aromatic rings. The molecule has 3 heterocycles. The van der Waals surface area contributed by atoms with Crippen molar-refractivity contribution in [1.29, 1.82) is 0 Å². The van der Waals surface area contributed by atoms with Crippen LogP contribution in [0.3, 0.4) is 0 Å². The Kier molecular flexibility index (Phi) is 4.09. The van der Waals surface area contributed by atoms with E-state index in [4.69, 9.17) is 13.8 Å². The highest BCUT2D eigenvalue weighted by Gasteiger charge is 2.42. The van der Waals surface area contributed by atoms with E-state index >= 15 is 0 Å². The van der Waals surface area contributed by atoms with Gasteiger partial charge in [-0.1, -0.05) is 17.2 Å². The molecule has 130 valence electrons. The topological polar surface area (TPSA) is 90.3 Å². The quantitative estimate of drug-likeness (QED) is 0.793. The van der Waals surface area contributed by atoms with Crippen molar-refractivity contribution in [3.05, 3.63) is 23.4 Å². The Morgan fingerprint density at radius 3 is 2.58 bits per heavy atom. The van der Waals surface area contributed by atoms with E-state index in [1.54, 1.807) is 7.11 Å². The molecule has 0 bridgehead atoms. The average molecular weight is 333 g/mol. The number of hydrogen-bond acceptors (Lipinski definition) is 8. The van der Waals surface area contributed by atoms with Crippen LogP contribution in [-0.4, -0.2) is 45.4 Å². The van der Waals surface area contributed by atoms with Gasteiger partial charge < -0.3 is 13.8 Å². The SMILES string of the molecule is CCc1noc(CN2CCC(OC)(c3nc(C4CC4)no3)CC2)n1. The predicted octanol–water partition coefficient (Wildman–Crippen LogP) is 2.03. The van der Waals surface area contributed by atoms with Gasteiger partial charge in [0.25, 0.3) is 5.89 Å². The van der Waals surface area contributed by atoms with Crippen molar-refractivity contribution in [2.45, 2.75) is 57.1 Å². The lowest BCUT2D eigenvalue weighted by Gasteiger charge is -2.37. The van der Waals surface area contributed by atoms with E-state index in [-0.39, 0.29) is 0 Å². The first-order valence-electron chi connectivity index (χ1n) is 8.65. The highest BCUT2D eigenvalue weighted by molar-refractivity contribution is 5.08. The Morgan fingerprint density at radius 2 is 1.96 bits per heavy atom. The maximum atomic E-state index is 5.82. The maximum Gasteiger partial charge on any atom is 0.258 e. The second kappa shape index (κ2) is 6.25. The molecular formula is C16H23N5O3. The summed E-state index contributed by atoms with van der Waals surface area (Å²) in [6.45, 7) is 4.41. The molecule has 0 amide bonds. The summed E-state index contributed by atoms with van der Waals surface area (Å²) in [4.78, 5) is 11.3. The van der Waals surface area contributed by atoms with Crippen LogP contribution in [0.5, 0.6) is 0 Å². The standard InChI is InChI=1S/C16H23N5O3/c1-3-12-17-13(23-19-12)10-21-8-6-16(22-2,7-9-21)15-18-14(20-24-15)11-4-5-11/h11H,3-10H2,1-2H3. The van der Waals surface area contributed by atoms with Gasteiger partial charge >= 0.3 is 0 Å².